The summed E-state index contributed by atoms with van der Waals surface area (Å²) in [6.07, 6.45) is 2.38. The van der Waals surface area contributed by atoms with E-state index in [2.05, 4.69) is 14.9 Å². The smallest absolute Gasteiger partial charge is 0.209 e. The third kappa shape index (κ3) is 3.83. The van der Waals surface area contributed by atoms with Gasteiger partial charge in [0.25, 0.3) is 0 Å². The monoisotopic (exact) mass is 324 g/mol. The standard InChI is InChI=1S/C13H13FN4O3S/c1-22(20,21)17-7-8-4-9(6-10(14)5-8)11-2-3-16-13(15)12(11)18-19/h2-6,17H,7H2,1H3,(H2,15,16). The second-order valence-corrected chi connectivity index (χ2v) is 6.46. The van der Waals surface area contributed by atoms with E-state index in [1.54, 1.807) is 6.07 Å². The molecule has 0 atom stereocenters. The highest BCUT2D eigenvalue weighted by Crippen LogP contribution is 2.34. The molecule has 0 fully saturated rings. The highest BCUT2D eigenvalue weighted by atomic mass is 32.2. The van der Waals surface area contributed by atoms with Crippen LogP contribution in [0.25, 0.3) is 11.1 Å². The summed E-state index contributed by atoms with van der Waals surface area (Å²) in [4.78, 5) is 14.6. The molecule has 0 saturated heterocycles. The number of nitroso groups, excluding NO2 is 1. The molecule has 0 aliphatic carbocycles. The van der Waals surface area contributed by atoms with Crippen molar-refractivity contribution in [1.29, 1.82) is 0 Å². The van der Waals surface area contributed by atoms with E-state index in [1.807, 2.05) is 0 Å². The van der Waals surface area contributed by atoms with E-state index < -0.39 is 15.8 Å². The minimum atomic E-state index is -3.40. The number of hydrogen-bond donors (Lipinski definition) is 2. The Bertz CT molecular complexity index is 824. The third-order valence-electron chi connectivity index (χ3n) is 2.85. The number of hydrogen-bond acceptors (Lipinski definition) is 6. The lowest BCUT2D eigenvalue weighted by atomic mass is 10.0. The van der Waals surface area contributed by atoms with Gasteiger partial charge >= 0.3 is 0 Å². The molecule has 3 N–H and O–H groups in total. The van der Waals surface area contributed by atoms with Crippen molar-refractivity contribution in [1.82, 2.24) is 9.71 Å². The lowest BCUT2D eigenvalue weighted by Gasteiger charge is -2.09. The van der Waals surface area contributed by atoms with Crippen LogP contribution in [-0.2, 0) is 16.6 Å². The molecule has 2 rings (SSSR count). The molecule has 1 aromatic heterocycles. The molecule has 2 aromatic rings. The van der Waals surface area contributed by atoms with Crippen LogP contribution in [0.1, 0.15) is 5.56 Å². The molecule has 0 unspecified atom stereocenters. The maximum absolute atomic E-state index is 13.7. The van der Waals surface area contributed by atoms with Gasteiger partial charge in [0, 0.05) is 18.3 Å². The predicted octanol–water partition coefficient (Wildman–Crippen LogP) is 1.92. The first-order chi connectivity index (χ1) is 10.3. The molecule has 22 heavy (non-hydrogen) atoms. The zero-order valence-electron chi connectivity index (χ0n) is 11.6. The molecule has 0 amide bonds. The molecule has 0 spiro atoms. The Hall–Kier alpha value is -2.39. The number of nitrogens with two attached hydrogens (primary N) is 1. The number of benzene rings is 1. The van der Waals surface area contributed by atoms with E-state index >= 15 is 0 Å². The number of nitrogens with zero attached hydrogens (tertiary/aromatic N) is 2. The number of anilines is 1. The van der Waals surface area contributed by atoms with Gasteiger partial charge in [-0.2, -0.15) is 0 Å². The summed E-state index contributed by atoms with van der Waals surface area (Å²) >= 11 is 0. The van der Waals surface area contributed by atoms with Gasteiger partial charge in [-0.05, 0) is 40.6 Å². The van der Waals surface area contributed by atoms with Crippen LogP contribution >= 0.6 is 0 Å². The fourth-order valence-corrected chi connectivity index (χ4v) is 2.35. The van der Waals surface area contributed by atoms with Crippen LogP contribution < -0.4 is 10.5 Å². The molecule has 9 heteroatoms. The minimum Gasteiger partial charge on any atom is -0.382 e. The first-order valence-electron chi connectivity index (χ1n) is 6.12. The molecular formula is C13H13FN4O3S. The van der Waals surface area contributed by atoms with Gasteiger partial charge < -0.3 is 5.73 Å². The molecule has 0 radical (unpaired) electrons. The largest absolute Gasteiger partial charge is 0.382 e. The number of aromatic nitrogens is 1. The van der Waals surface area contributed by atoms with Crippen LogP contribution in [0.3, 0.4) is 0 Å². The zero-order chi connectivity index (χ0) is 16.3. The summed E-state index contributed by atoms with van der Waals surface area (Å²) in [5.74, 6) is -0.636. The summed E-state index contributed by atoms with van der Waals surface area (Å²) < 4.78 is 38.2. The second-order valence-electron chi connectivity index (χ2n) is 4.63. The quantitative estimate of drug-likeness (QED) is 0.815. The number of sulfonamides is 1. The Morgan fingerprint density at radius 1 is 1.36 bits per heavy atom. The van der Waals surface area contributed by atoms with Crippen LogP contribution in [0.2, 0.25) is 0 Å². The average molecular weight is 324 g/mol. The highest BCUT2D eigenvalue weighted by molar-refractivity contribution is 7.88. The number of rotatable bonds is 5. The third-order valence-corrected chi connectivity index (χ3v) is 3.52. The van der Waals surface area contributed by atoms with E-state index in [1.165, 1.54) is 24.4 Å². The Kier molecular flexibility index (Phi) is 4.48. The second kappa shape index (κ2) is 6.16. The van der Waals surface area contributed by atoms with E-state index in [0.717, 1.165) is 6.26 Å². The maximum atomic E-state index is 13.7. The van der Waals surface area contributed by atoms with E-state index in [4.69, 9.17) is 5.73 Å². The number of nitrogen functional groups attached to an aromatic ring is 1. The van der Waals surface area contributed by atoms with Gasteiger partial charge in [0.2, 0.25) is 10.0 Å². The first-order valence-corrected chi connectivity index (χ1v) is 8.01. The van der Waals surface area contributed by atoms with Gasteiger partial charge in [-0.1, -0.05) is 0 Å². The van der Waals surface area contributed by atoms with E-state index in [9.17, 15) is 17.7 Å². The molecule has 7 nitrogen and oxygen atoms in total. The summed E-state index contributed by atoms with van der Waals surface area (Å²) in [6, 6.07) is 5.42. The SMILES string of the molecule is CS(=O)(=O)NCc1cc(F)cc(-c2ccnc(N)c2N=O)c1. The van der Waals surface area contributed by atoms with Gasteiger partial charge in [0.05, 0.1) is 6.26 Å². The van der Waals surface area contributed by atoms with Crippen molar-refractivity contribution in [3.05, 3.63) is 46.8 Å². The molecule has 0 bridgehead atoms. The highest BCUT2D eigenvalue weighted by Gasteiger charge is 2.12. The normalized spacial score (nSPS) is 11.4. The van der Waals surface area contributed by atoms with E-state index in [-0.39, 0.29) is 18.1 Å². The molecule has 1 aromatic carbocycles. The van der Waals surface area contributed by atoms with Crippen molar-refractivity contribution < 1.29 is 12.8 Å². The fraction of sp³-hybridized carbons (Fsp3) is 0.154. The van der Waals surface area contributed by atoms with Crippen molar-refractivity contribution in [2.45, 2.75) is 6.54 Å². The van der Waals surface area contributed by atoms with Gasteiger partial charge in [-0.3, -0.25) is 0 Å². The Morgan fingerprint density at radius 2 is 2.09 bits per heavy atom. The molecule has 0 aliphatic heterocycles. The lowest BCUT2D eigenvalue weighted by Crippen LogP contribution is -2.21. The minimum absolute atomic E-state index is 0.0624. The van der Waals surface area contributed by atoms with Gasteiger partial charge in [-0.25, -0.2) is 22.5 Å². The van der Waals surface area contributed by atoms with E-state index in [0.29, 0.717) is 16.7 Å². The summed E-state index contributed by atoms with van der Waals surface area (Å²) in [5, 5.41) is 2.82. The van der Waals surface area contributed by atoms with Crippen molar-refractivity contribution in [2.24, 2.45) is 5.18 Å². The molecule has 0 saturated carbocycles. The van der Waals surface area contributed by atoms with Crippen LogP contribution in [0.5, 0.6) is 0 Å². The maximum Gasteiger partial charge on any atom is 0.209 e. The van der Waals surface area contributed by atoms with Crippen molar-refractivity contribution in [3.8, 4) is 11.1 Å². The summed E-state index contributed by atoms with van der Waals surface area (Å²) in [6.45, 7) is -0.0754. The fourth-order valence-electron chi connectivity index (χ4n) is 1.92. The van der Waals surface area contributed by atoms with Crippen LogP contribution in [0.4, 0.5) is 15.9 Å². The van der Waals surface area contributed by atoms with Crippen molar-refractivity contribution in [3.63, 3.8) is 0 Å². The summed E-state index contributed by atoms with van der Waals surface area (Å²) in [5.41, 5.74) is 6.56. The Labute approximate surface area is 126 Å². The van der Waals surface area contributed by atoms with Crippen LogP contribution in [-0.4, -0.2) is 19.7 Å². The molecular weight excluding hydrogens is 311 g/mol. The Balaban J connectivity index is 2.47. The average Bonchev–Trinajstić information content (AvgIpc) is 2.43. The van der Waals surface area contributed by atoms with Gasteiger partial charge in [0.15, 0.2) is 11.5 Å². The van der Waals surface area contributed by atoms with Gasteiger partial charge in [0.1, 0.15) is 5.82 Å². The van der Waals surface area contributed by atoms with Crippen molar-refractivity contribution in [2.75, 3.05) is 12.0 Å². The number of pyridine rings is 1. The van der Waals surface area contributed by atoms with Crippen LogP contribution in [0, 0.1) is 10.7 Å². The molecule has 1 heterocycles. The summed E-state index contributed by atoms with van der Waals surface area (Å²) in [7, 11) is -3.40. The predicted molar refractivity (Wildman–Crippen MR) is 81.2 cm³/mol. The number of halogens is 1. The molecule has 0 aliphatic rings. The van der Waals surface area contributed by atoms with Crippen molar-refractivity contribution >= 4 is 21.5 Å². The number of nitrogens with one attached hydrogen (secondary N) is 1. The topological polar surface area (TPSA) is 115 Å². The molecule has 116 valence electrons. The zero-order valence-corrected chi connectivity index (χ0v) is 12.4. The Morgan fingerprint density at radius 3 is 2.73 bits per heavy atom. The van der Waals surface area contributed by atoms with Crippen LogP contribution in [0.15, 0.2) is 35.6 Å². The first kappa shape index (κ1) is 16.0. The lowest BCUT2D eigenvalue weighted by molar-refractivity contribution is 0.586. The van der Waals surface area contributed by atoms with Gasteiger partial charge in [-0.15, -0.1) is 4.91 Å².